The molecule has 0 aromatic heterocycles. The van der Waals surface area contributed by atoms with Gasteiger partial charge in [-0.2, -0.15) is 0 Å². The summed E-state index contributed by atoms with van der Waals surface area (Å²) in [7, 11) is 0. The van der Waals surface area contributed by atoms with Crippen LogP contribution in [0, 0.1) is 0 Å². The minimum Gasteiger partial charge on any atom is -0.310 e. The standard InChI is InChI=1S/C50H37N/c1-49(2)45-25-12-13-26-46(45)50(43-23-10-8-21-41(43)42-22-9-11-24-44(42)50)47-30-29-40(33-48(47)49)51(39-28-27-35-17-6-7-18-36(35)32-39)38-20-14-19-37(31-38)34-15-4-3-5-16-34/h3-33H,1-2H3. The van der Waals surface area contributed by atoms with E-state index < -0.39 is 5.41 Å². The van der Waals surface area contributed by atoms with Gasteiger partial charge in [0.2, 0.25) is 0 Å². The first-order chi connectivity index (χ1) is 25.0. The molecule has 242 valence electrons. The molecule has 0 bridgehead atoms. The number of nitrogens with zero attached hydrogens (tertiary/aromatic N) is 1. The van der Waals surface area contributed by atoms with Crippen LogP contribution in [0.4, 0.5) is 17.1 Å². The minimum absolute atomic E-state index is 0.236. The number of benzene rings is 8. The molecule has 0 saturated carbocycles. The van der Waals surface area contributed by atoms with Gasteiger partial charge in [-0.1, -0.05) is 166 Å². The van der Waals surface area contributed by atoms with Crippen molar-refractivity contribution in [3.05, 3.63) is 221 Å². The first-order valence-electron chi connectivity index (χ1n) is 17.9. The first-order valence-corrected chi connectivity index (χ1v) is 17.9. The number of rotatable bonds is 4. The SMILES string of the molecule is CC1(C)c2ccccc2C2(c3ccccc3-c3ccccc32)c2ccc(N(c3cccc(-c4ccccc4)c3)c3ccc4ccccc4c3)cc21. The van der Waals surface area contributed by atoms with E-state index in [4.69, 9.17) is 0 Å². The maximum Gasteiger partial charge on any atom is 0.0719 e. The number of anilines is 3. The van der Waals surface area contributed by atoms with Crippen molar-refractivity contribution in [2.75, 3.05) is 4.90 Å². The Morgan fingerprint density at radius 2 is 0.863 bits per heavy atom. The fourth-order valence-electron chi connectivity index (χ4n) is 9.19. The van der Waals surface area contributed by atoms with Gasteiger partial charge in [0.15, 0.2) is 0 Å². The van der Waals surface area contributed by atoms with Gasteiger partial charge in [-0.3, -0.25) is 0 Å². The summed E-state index contributed by atoms with van der Waals surface area (Å²) in [6.07, 6.45) is 0. The van der Waals surface area contributed by atoms with E-state index in [1.807, 2.05) is 0 Å². The second-order valence-corrected chi connectivity index (χ2v) is 14.5. The number of hydrogen-bond donors (Lipinski definition) is 0. The van der Waals surface area contributed by atoms with Gasteiger partial charge < -0.3 is 4.90 Å². The van der Waals surface area contributed by atoms with Crippen molar-refractivity contribution in [2.24, 2.45) is 0 Å². The van der Waals surface area contributed by atoms with Crippen LogP contribution >= 0.6 is 0 Å². The molecule has 0 radical (unpaired) electrons. The van der Waals surface area contributed by atoms with Gasteiger partial charge >= 0.3 is 0 Å². The molecule has 0 saturated heterocycles. The maximum absolute atomic E-state index is 2.49. The van der Waals surface area contributed by atoms with E-state index in [-0.39, 0.29) is 5.41 Å². The molecule has 1 spiro atoms. The van der Waals surface area contributed by atoms with E-state index in [9.17, 15) is 0 Å². The lowest BCUT2D eigenvalue weighted by molar-refractivity contribution is 0.563. The lowest BCUT2D eigenvalue weighted by Gasteiger charge is -2.47. The molecule has 0 amide bonds. The predicted octanol–water partition coefficient (Wildman–Crippen LogP) is 13.0. The third-order valence-corrected chi connectivity index (χ3v) is 11.5. The summed E-state index contributed by atoms with van der Waals surface area (Å²) in [5.41, 5.74) is 16.1. The molecule has 0 N–H and O–H groups in total. The highest BCUT2D eigenvalue weighted by molar-refractivity contribution is 5.92. The number of hydrogen-bond acceptors (Lipinski definition) is 1. The van der Waals surface area contributed by atoms with Crippen LogP contribution in [0.2, 0.25) is 0 Å². The quantitative estimate of drug-likeness (QED) is 0.183. The van der Waals surface area contributed by atoms with Gasteiger partial charge in [-0.25, -0.2) is 0 Å². The maximum atomic E-state index is 2.49. The molecular formula is C50H37N. The van der Waals surface area contributed by atoms with Crippen LogP contribution in [0.1, 0.15) is 47.2 Å². The smallest absolute Gasteiger partial charge is 0.0719 e. The normalized spacial score (nSPS) is 14.4. The summed E-state index contributed by atoms with van der Waals surface area (Å²) in [5, 5.41) is 2.47. The number of fused-ring (bicyclic) bond motifs is 10. The molecular weight excluding hydrogens is 615 g/mol. The van der Waals surface area contributed by atoms with Crippen LogP contribution in [0.15, 0.2) is 188 Å². The van der Waals surface area contributed by atoms with Crippen molar-refractivity contribution in [2.45, 2.75) is 24.7 Å². The van der Waals surface area contributed by atoms with Crippen LogP contribution in [0.25, 0.3) is 33.0 Å². The highest BCUT2D eigenvalue weighted by atomic mass is 15.1. The average Bonchev–Trinajstić information content (AvgIpc) is 3.49. The summed E-state index contributed by atoms with van der Waals surface area (Å²) in [6, 6.07) is 69.7. The highest BCUT2D eigenvalue weighted by Crippen LogP contribution is 2.62. The van der Waals surface area contributed by atoms with Crippen molar-refractivity contribution in [3.63, 3.8) is 0 Å². The Morgan fingerprint density at radius 1 is 0.333 bits per heavy atom. The molecule has 0 atom stereocenters. The Bertz CT molecular complexity index is 2580. The van der Waals surface area contributed by atoms with E-state index in [1.54, 1.807) is 0 Å². The highest BCUT2D eigenvalue weighted by Gasteiger charge is 2.53. The zero-order valence-electron chi connectivity index (χ0n) is 28.8. The molecule has 8 aromatic rings. The Labute approximate surface area is 300 Å². The fraction of sp³-hybridized carbons (Fsp3) is 0.0800. The minimum atomic E-state index is -0.409. The molecule has 0 unspecified atom stereocenters. The summed E-state index contributed by atoms with van der Waals surface area (Å²) in [4.78, 5) is 2.44. The van der Waals surface area contributed by atoms with Crippen molar-refractivity contribution in [3.8, 4) is 22.3 Å². The van der Waals surface area contributed by atoms with Gasteiger partial charge in [-0.05, 0) is 103 Å². The summed E-state index contributed by atoms with van der Waals surface area (Å²) in [6.45, 7) is 4.81. The van der Waals surface area contributed by atoms with Crippen LogP contribution in [-0.2, 0) is 10.8 Å². The molecule has 51 heavy (non-hydrogen) atoms. The van der Waals surface area contributed by atoms with Crippen molar-refractivity contribution < 1.29 is 0 Å². The zero-order valence-corrected chi connectivity index (χ0v) is 28.8. The van der Waals surface area contributed by atoms with Crippen molar-refractivity contribution in [1.82, 2.24) is 0 Å². The monoisotopic (exact) mass is 651 g/mol. The topological polar surface area (TPSA) is 3.24 Å². The largest absolute Gasteiger partial charge is 0.310 e. The zero-order chi connectivity index (χ0) is 34.2. The second kappa shape index (κ2) is 11.2. The van der Waals surface area contributed by atoms with E-state index >= 15 is 0 Å². The van der Waals surface area contributed by atoms with Crippen molar-refractivity contribution >= 4 is 27.8 Å². The first kappa shape index (κ1) is 29.7. The fourth-order valence-corrected chi connectivity index (χ4v) is 9.19. The van der Waals surface area contributed by atoms with Crippen LogP contribution in [-0.4, -0.2) is 0 Å². The predicted molar refractivity (Wildman–Crippen MR) is 213 cm³/mol. The molecule has 2 aliphatic carbocycles. The third kappa shape index (κ3) is 4.28. The third-order valence-electron chi connectivity index (χ3n) is 11.5. The Balaban J connectivity index is 1.25. The van der Waals surface area contributed by atoms with E-state index in [1.165, 1.54) is 66.4 Å². The molecule has 1 heteroatoms. The summed E-state index contributed by atoms with van der Waals surface area (Å²) >= 11 is 0. The second-order valence-electron chi connectivity index (χ2n) is 14.5. The summed E-state index contributed by atoms with van der Waals surface area (Å²) < 4.78 is 0. The Hall–Kier alpha value is -6.18. The Kier molecular flexibility index (Phi) is 6.51. The van der Waals surface area contributed by atoms with E-state index in [2.05, 4.69) is 207 Å². The molecule has 1 nitrogen and oxygen atoms in total. The van der Waals surface area contributed by atoms with Crippen LogP contribution in [0.3, 0.4) is 0 Å². The molecule has 8 aromatic carbocycles. The van der Waals surface area contributed by atoms with Gasteiger partial charge in [0.05, 0.1) is 5.41 Å². The van der Waals surface area contributed by atoms with Crippen LogP contribution < -0.4 is 4.90 Å². The van der Waals surface area contributed by atoms with Gasteiger partial charge in [0.25, 0.3) is 0 Å². The average molecular weight is 652 g/mol. The van der Waals surface area contributed by atoms with Gasteiger partial charge in [-0.15, -0.1) is 0 Å². The summed E-state index contributed by atoms with van der Waals surface area (Å²) in [5.74, 6) is 0. The molecule has 0 aliphatic heterocycles. The van der Waals surface area contributed by atoms with Gasteiger partial charge in [0.1, 0.15) is 0 Å². The van der Waals surface area contributed by atoms with Crippen molar-refractivity contribution in [1.29, 1.82) is 0 Å². The van der Waals surface area contributed by atoms with E-state index in [0.29, 0.717) is 0 Å². The van der Waals surface area contributed by atoms with Gasteiger partial charge in [0, 0.05) is 22.5 Å². The Morgan fingerprint density at radius 3 is 1.61 bits per heavy atom. The molecule has 0 fully saturated rings. The lowest BCUT2D eigenvalue weighted by Crippen LogP contribution is -2.40. The molecule has 0 heterocycles. The van der Waals surface area contributed by atoms with Crippen LogP contribution in [0.5, 0.6) is 0 Å². The van der Waals surface area contributed by atoms with E-state index in [0.717, 1.165) is 17.1 Å². The molecule has 2 aliphatic rings. The molecule has 10 rings (SSSR count). The lowest BCUT2D eigenvalue weighted by atomic mass is 9.55.